The van der Waals surface area contributed by atoms with E-state index >= 15 is 0 Å². The Morgan fingerprint density at radius 3 is 2.73 bits per heavy atom. The maximum absolute atomic E-state index is 5.34. The molecule has 8 heteroatoms. The Balaban J connectivity index is 1.51. The molecule has 0 bridgehead atoms. The van der Waals surface area contributed by atoms with Crippen LogP contribution in [0.3, 0.4) is 0 Å². The first-order valence-electron chi connectivity index (χ1n) is 8.07. The molecule has 2 aromatic carbocycles. The quantitative estimate of drug-likeness (QED) is 0.500. The molecule has 4 aromatic rings. The van der Waals surface area contributed by atoms with Crippen LogP contribution in [0, 0.1) is 13.8 Å². The number of hydrogen-bond donors (Lipinski definition) is 0. The van der Waals surface area contributed by atoms with Gasteiger partial charge in [-0.3, -0.25) is 0 Å². The summed E-state index contributed by atoms with van der Waals surface area (Å²) in [4.78, 5) is 4.44. The molecule has 0 amide bonds. The van der Waals surface area contributed by atoms with E-state index in [4.69, 9.17) is 4.52 Å². The topological polar surface area (TPSA) is 82.5 Å². The molecule has 0 N–H and O–H groups in total. The van der Waals surface area contributed by atoms with Crippen molar-refractivity contribution < 1.29 is 4.52 Å². The van der Waals surface area contributed by atoms with E-state index in [1.165, 1.54) is 17.3 Å². The van der Waals surface area contributed by atoms with Crippen LogP contribution in [-0.2, 0) is 5.75 Å². The third-order valence-corrected chi connectivity index (χ3v) is 4.75. The molecule has 0 atom stereocenters. The third kappa shape index (κ3) is 3.36. The lowest BCUT2D eigenvalue weighted by molar-refractivity contribution is 0.391. The Kier molecular flexibility index (Phi) is 4.49. The van der Waals surface area contributed by atoms with Crippen molar-refractivity contribution in [1.82, 2.24) is 30.3 Å². The van der Waals surface area contributed by atoms with Crippen LogP contribution in [0.4, 0.5) is 0 Å². The highest BCUT2D eigenvalue weighted by atomic mass is 32.2. The standard InChI is InChI=1S/C18H16N6OS/c1-12-8-9-15(13(2)10-12)24-18(20-22-23-24)26-11-16-19-17(21-25-16)14-6-4-3-5-7-14/h3-10H,11H2,1-2H3. The van der Waals surface area contributed by atoms with Gasteiger partial charge in [-0.25, -0.2) is 0 Å². The molecule has 0 spiro atoms. The lowest BCUT2D eigenvalue weighted by Crippen LogP contribution is -2.02. The van der Waals surface area contributed by atoms with Gasteiger partial charge in [-0.1, -0.05) is 64.9 Å². The molecular weight excluding hydrogens is 348 g/mol. The maximum Gasteiger partial charge on any atom is 0.237 e. The second kappa shape index (κ2) is 7.09. The van der Waals surface area contributed by atoms with Gasteiger partial charge in [0.25, 0.3) is 0 Å². The van der Waals surface area contributed by atoms with Crippen LogP contribution in [0.25, 0.3) is 17.1 Å². The summed E-state index contributed by atoms with van der Waals surface area (Å²) >= 11 is 1.45. The summed E-state index contributed by atoms with van der Waals surface area (Å²) in [6, 6.07) is 15.9. The van der Waals surface area contributed by atoms with Gasteiger partial charge in [0.2, 0.25) is 16.9 Å². The van der Waals surface area contributed by atoms with Crippen molar-refractivity contribution in [3.05, 3.63) is 65.5 Å². The molecule has 0 saturated carbocycles. The SMILES string of the molecule is Cc1ccc(-n2nnnc2SCc2nc(-c3ccccc3)no2)c(C)c1. The van der Waals surface area contributed by atoms with Crippen LogP contribution in [-0.4, -0.2) is 30.3 Å². The van der Waals surface area contributed by atoms with Crippen molar-refractivity contribution in [3.8, 4) is 17.1 Å². The Hall–Kier alpha value is -3.00. The fraction of sp³-hybridized carbons (Fsp3) is 0.167. The zero-order chi connectivity index (χ0) is 17.9. The van der Waals surface area contributed by atoms with E-state index in [9.17, 15) is 0 Å². The fourth-order valence-electron chi connectivity index (χ4n) is 2.61. The highest BCUT2D eigenvalue weighted by Gasteiger charge is 2.14. The van der Waals surface area contributed by atoms with Crippen molar-refractivity contribution in [3.63, 3.8) is 0 Å². The minimum atomic E-state index is 0.491. The molecule has 2 heterocycles. The number of hydrogen-bond acceptors (Lipinski definition) is 7. The van der Waals surface area contributed by atoms with E-state index < -0.39 is 0 Å². The molecule has 2 aromatic heterocycles. The summed E-state index contributed by atoms with van der Waals surface area (Å²) < 4.78 is 7.07. The van der Waals surface area contributed by atoms with Crippen LogP contribution < -0.4 is 0 Å². The predicted octanol–water partition coefficient (Wildman–Crippen LogP) is 3.62. The Bertz CT molecular complexity index is 1030. The van der Waals surface area contributed by atoms with Crippen LogP contribution in [0.1, 0.15) is 17.0 Å². The molecule has 0 aliphatic carbocycles. The van der Waals surface area contributed by atoms with Gasteiger partial charge in [0.15, 0.2) is 0 Å². The van der Waals surface area contributed by atoms with Crippen molar-refractivity contribution in [2.24, 2.45) is 0 Å². The minimum absolute atomic E-state index is 0.491. The highest BCUT2D eigenvalue weighted by molar-refractivity contribution is 7.98. The number of aryl methyl sites for hydroxylation is 2. The predicted molar refractivity (Wildman–Crippen MR) is 97.9 cm³/mol. The van der Waals surface area contributed by atoms with E-state index in [0.29, 0.717) is 22.6 Å². The van der Waals surface area contributed by atoms with Crippen molar-refractivity contribution in [2.45, 2.75) is 24.8 Å². The summed E-state index contributed by atoms with van der Waals surface area (Å²) in [7, 11) is 0. The fourth-order valence-corrected chi connectivity index (χ4v) is 3.33. The Labute approximate surface area is 154 Å². The molecule has 0 saturated heterocycles. The molecule has 26 heavy (non-hydrogen) atoms. The second-order valence-electron chi connectivity index (χ2n) is 5.83. The lowest BCUT2D eigenvalue weighted by atomic mass is 10.1. The van der Waals surface area contributed by atoms with Crippen LogP contribution >= 0.6 is 11.8 Å². The molecule has 7 nitrogen and oxygen atoms in total. The Morgan fingerprint density at radius 2 is 1.92 bits per heavy atom. The first-order valence-corrected chi connectivity index (χ1v) is 9.06. The van der Waals surface area contributed by atoms with Gasteiger partial charge in [0.05, 0.1) is 11.4 Å². The summed E-state index contributed by atoms with van der Waals surface area (Å²) in [5, 5.41) is 16.7. The summed E-state index contributed by atoms with van der Waals surface area (Å²) in [6.07, 6.45) is 0. The van der Waals surface area contributed by atoms with Gasteiger partial charge in [0.1, 0.15) is 0 Å². The zero-order valence-corrected chi connectivity index (χ0v) is 15.1. The lowest BCUT2D eigenvalue weighted by Gasteiger charge is -2.07. The molecular formula is C18H16N6OS. The van der Waals surface area contributed by atoms with Gasteiger partial charge < -0.3 is 4.52 Å². The van der Waals surface area contributed by atoms with E-state index in [-0.39, 0.29) is 0 Å². The van der Waals surface area contributed by atoms with Crippen molar-refractivity contribution >= 4 is 11.8 Å². The van der Waals surface area contributed by atoms with E-state index in [0.717, 1.165) is 16.8 Å². The monoisotopic (exact) mass is 364 g/mol. The number of nitrogens with zero attached hydrogens (tertiary/aromatic N) is 6. The smallest absolute Gasteiger partial charge is 0.237 e. The van der Waals surface area contributed by atoms with Crippen LogP contribution in [0.2, 0.25) is 0 Å². The molecule has 0 aliphatic heterocycles. The third-order valence-electron chi connectivity index (χ3n) is 3.85. The largest absolute Gasteiger partial charge is 0.338 e. The van der Waals surface area contributed by atoms with E-state index in [1.807, 2.05) is 49.4 Å². The van der Waals surface area contributed by atoms with Crippen molar-refractivity contribution in [2.75, 3.05) is 0 Å². The summed E-state index contributed by atoms with van der Waals surface area (Å²) in [5.74, 6) is 1.60. The average Bonchev–Trinajstić information content (AvgIpc) is 3.30. The van der Waals surface area contributed by atoms with E-state index in [2.05, 4.69) is 38.7 Å². The van der Waals surface area contributed by atoms with Crippen LogP contribution in [0.15, 0.2) is 58.2 Å². The number of aromatic nitrogens is 6. The Morgan fingerprint density at radius 1 is 1.08 bits per heavy atom. The number of thioether (sulfide) groups is 1. The molecule has 0 aliphatic rings. The van der Waals surface area contributed by atoms with Gasteiger partial charge in [0, 0.05) is 5.56 Å². The van der Waals surface area contributed by atoms with Gasteiger partial charge >= 0.3 is 0 Å². The van der Waals surface area contributed by atoms with Crippen LogP contribution in [0.5, 0.6) is 0 Å². The first kappa shape index (κ1) is 16.5. The summed E-state index contributed by atoms with van der Waals surface area (Å²) in [5.41, 5.74) is 4.20. The van der Waals surface area contributed by atoms with Crippen molar-refractivity contribution in [1.29, 1.82) is 0 Å². The highest BCUT2D eigenvalue weighted by Crippen LogP contribution is 2.25. The second-order valence-corrected chi connectivity index (χ2v) is 6.77. The number of rotatable bonds is 5. The minimum Gasteiger partial charge on any atom is -0.338 e. The average molecular weight is 364 g/mol. The van der Waals surface area contributed by atoms with Gasteiger partial charge in [-0.15, -0.1) is 5.10 Å². The molecule has 0 unspecified atom stereocenters. The van der Waals surface area contributed by atoms with Gasteiger partial charge in [-0.2, -0.15) is 9.67 Å². The maximum atomic E-state index is 5.34. The normalized spacial score (nSPS) is 11.0. The molecule has 0 fully saturated rings. The van der Waals surface area contributed by atoms with E-state index in [1.54, 1.807) is 4.68 Å². The molecule has 0 radical (unpaired) electrons. The number of tetrazole rings is 1. The first-order chi connectivity index (χ1) is 12.7. The molecule has 4 rings (SSSR count). The molecule has 130 valence electrons. The number of benzene rings is 2. The van der Waals surface area contributed by atoms with Gasteiger partial charge in [-0.05, 0) is 35.9 Å². The zero-order valence-electron chi connectivity index (χ0n) is 14.3. The summed E-state index contributed by atoms with van der Waals surface area (Å²) in [6.45, 7) is 4.11.